The van der Waals surface area contributed by atoms with E-state index in [1.807, 2.05) is 24.1 Å². The normalized spacial score (nSPS) is 16.3. The van der Waals surface area contributed by atoms with Gasteiger partial charge in [0.1, 0.15) is 0 Å². The SMILES string of the molecule is Cc1ccccc1SCC(=O)N(C)C1CCNCC1. The molecule has 1 aromatic carbocycles. The molecule has 104 valence electrons. The maximum atomic E-state index is 12.2. The topological polar surface area (TPSA) is 32.3 Å². The van der Waals surface area contributed by atoms with Gasteiger partial charge in [0.25, 0.3) is 0 Å². The molecule has 1 aliphatic rings. The monoisotopic (exact) mass is 278 g/mol. The van der Waals surface area contributed by atoms with Crippen molar-refractivity contribution in [3.8, 4) is 0 Å². The first kappa shape index (κ1) is 14.4. The van der Waals surface area contributed by atoms with Gasteiger partial charge in [-0.1, -0.05) is 18.2 Å². The van der Waals surface area contributed by atoms with Gasteiger partial charge in [-0.3, -0.25) is 4.79 Å². The summed E-state index contributed by atoms with van der Waals surface area (Å²) in [7, 11) is 1.94. The van der Waals surface area contributed by atoms with Crippen LogP contribution in [0.5, 0.6) is 0 Å². The number of benzene rings is 1. The summed E-state index contributed by atoms with van der Waals surface area (Å²) >= 11 is 1.64. The second-order valence-corrected chi connectivity index (χ2v) is 6.06. The van der Waals surface area contributed by atoms with E-state index in [0.717, 1.165) is 25.9 Å². The van der Waals surface area contributed by atoms with E-state index in [4.69, 9.17) is 0 Å². The van der Waals surface area contributed by atoms with Crippen LogP contribution >= 0.6 is 11.8 Å². The summed E-state index contributed by atoms with van der Waals surface area (Å²) in [5.41, 5.74) is 1.24. The molecule has 3 nitrogen and oxygen atoms in total. The zero-order chi connectivity index (χ0) is 13.7. The number of carbonyl (C=O) groups excluding carboxylic acids is 1. The molecular weight excluding hydrogens is 256 g/mol. The smallest absolute Gasteiger partial charge is 0.232 e. The second kappa shape index (κ2) is 6.96. The first-order valence-corrected chi connectivity index (χ1v) is 7.82. The first-order valence-electron chi connectivity index (χ1n) is 6.83. The highest BCUT2D eigenvalue weighted by molar-refractivity contribution is 8.00. The molecule has 1 aliphatic heterocycles. The van der Waals surface area contributed by atoms with E-state index in [1.165, 1.54) is 10.5 Å². The molecule has 1 N–H and O–H groups in total. The number of nitrogens with zero attached hydrogens (tertiary/aromatic N) is 1. The maximum absolute atomic E-state index is 12.2. The number of rotatable bonds is 4. The Balaban J connectivity index is 1.85. The molecule has 0 aliphatic carbocycles. The van der Waals surface area contributed by atoms with Crippen molar-refractivity contribution >= 4 is 17.7 Å². The fourth-order valence-electron chi connectivity index (χ4n) is 2.36. The molecule has 0 unspecified atom stereocenters. The minimum atomic E-state index is 0.236. The first-order chi connectivity index (χ1) is 9.18. The third kappa shape index (κ3) is 3.98. The number of nitrogens with one attached hydrogen (secondary N) is 1. The van der Waals surface area contributed by atoms with E-state index in [1.54, 1.807) is 11.8 Å². The van der Waals surface area contributed by atoms with Crippen molar-refractivity contribution in [1.29, 1.82) is 0 Å². The predicted molar refractivity (Wildman–Crippen MR) is 80.6 cm³/mol. The van der Waals surface area contributed by atoms with Crippen molar-refractivity contribution in [1.82, 2.24) is 10.2 Å². The van der Waals surface area contributed by atoms with Gasteiger partial charge in [-0.15, -0.1) is 11.8 Å². The predicted octanol–water partition coefficient (Wildman–Crippen LogP) is 2.30. The molecule has 4 heteroatoms. The zero-order valence-electron chi connectivity index (χ0n) is 11.7. The summed E-state index contributed by atoms with van der Waals surface area (Å²) in [6, 6.07) is 8.63. The fraction of sp³-hybridized carbons (Fsp3) is 0.533. The molecule has 0 bridgehead atoms. The molecule has 0 saturated carbocycles. The van der Waals surface area contributed by atoms with Crippen LogP contribution in [0.2, 0.25) is 0 Å². The number of aryl methyl sites for hydroxylation is 1. The second-order valence-electron chi connectivity index (χ2n) is 5.04. The van der Waals surface area contributed by atoms with Gasteiger partial charge in [-0.25, -0.2) is 0 Å². The lowest BCUT2D eigenvalue weighted by molar-refractivity contribution is -0.129. The molecule has 19 heavy (non-hydrogen) atoms. The molecular formula is C15H22N2OS. The van der Waals surface area contributed by atoms with E-state index < -0.39 is 0 Å². The quantitative estimate of drug-likeness (QED) is 0.858. The van der Waals surface area contributed by atoms with Crippen molar-refractivity contribution in [2.45, 2.75) is 30.7 Å². The van der Waals surface area contributed by atoms with E-state index in [9.17, 15) is 4.79 Å². The number of thioether (sulfide) groups is 1. The van der Waals surface area contributed by atoms with Gasteiger partial charge in [0.2, 0.25) is 5.91 Å². The highest BCUT2D eigenvalue weighted by Crippen LogP contribution is 2.22. The fourth-order valence-corrected chi connectivity index (χ4v) is 3.31. The van der Waals surface area contributed by atoms with E-state index >= 15 is 0 Å². The van der Waals surface area contributed by atoms with Crippen LogP contribution in [0.25, 0.3) is 0 Å². The van der Waals surface area contributed by atoms with E-state index in [-0.39, 0.29) is 5.91 Å². The van der Waals surface area contributed by atoms with Gasteiger partial charge in [0.15, 0.2) is 0 Å². The lowest BCUT2D eigenvalue weighted by Crippen LogP contribution is -2.44. The lowest BCUT2D eigenvalue weighted by Gasteiger charge is -2.31. The minimum absolute atomic E-state index is 0.236. The Labute approximate surface area is 119 Å². The van der Waals surface area contributed by atoms with E-state index in [2.05, 4.69) is 24.4 Å². The summed E-state index contributed by atoms with van der Waals surface area (Å²) < 4.78 is 0. The average Bonchev–Trinajstić information content (AvgIpc) is 2.46. The minimum Gasteiger partial charge on any atom is -0.342 e. The third-order valence-corrected chi connectivity index (χ3v) is 4.85. The summed E-state index contributed by atoms with van der Waals surface area (Å²) in [5.74, 6) is 0.769. The van der Waals surface area contributed by atoms with Crippen LogP contribution in [0, 0.1) is 6.92 Å². The van der Waals surface area contributed by atoms with Crippen LogP contribution in [0.4, 0.5) is 0 Å². The number of carbonyl (C=O) groups is 1. The van der Waals surface area contributed by atoms with Crippen molar-refractivity contribution in [2.24, 2.45) is 0 Å². The average molecular weight is 278 g/mol. The number of hydrogen-bond acceptors (Lipinski definition) is 3. The Morgan fingerprint density at radius 2 is 2.05 bits per heavy atom. The summed E-state index contributed by atoms with van der Waals surface area (Å²) in [6.07, 6.45) is 2.13. The highest BCUT2D eigenvalue weighted by Gasteiger charge is 2.21. The van der Waals surface area contributed by atoms with Crippen LogP contribution < -0.4 is 5.32 Å². The summed E-state index contributed by atoms with van der Waals surface area (Å²) in [6.45, 7) is 4.13. The maximum Gasteiger partial charge on any atom is 0.232 e. The van der Waals surface area contributed by atoms with Gasteiger partial charge in [0.05, 0.1) is 5.75 Å². The van der Waals surface area contributed by atoms with Crippen LogP contribution in [0.15, 0.2) is 29.2 Å². The number of hydrogen-bond donors (Lipinski definition) is 1. The van der Waals surface area contributed by atoms with Gasteiger partial charge < -0.3 is 10.2 Å². The Bertz CT molecular complexity index is 430. The molecule has 0 spiro atoms. The van der Waals surface area contributed by atoms with Gasteiger partial charge in [0, 0.05) is 18.0 Å². The largest absolute Gasteiger partial charge is 0.342 e. The Morgan fingerprint density at radius 1 is 1.37 bits per heavy atom. The van der Waals surface area contributed by atoms with Gasteiger partial charge in [-0.05, 0) is 44.5 Å². The van der Waals surface area contributed by atoms with Gasteiger partial charge >= 0.3 is 0 Å². The molecule has 1 aromatic rings. The number of amides is 1. The lowest BCUT2D eigenvalue weighted by atomic mass is 10.1. The molecule has 2 rings (SSSR count). The molecule has 0 radical (unpaired) electrons. The van der Waals surface area contributed by atoms with Crippen LogP contribution in [0.3, 0.4) is 0 Å². The molecule has 1 heterocycles. The molecule has 0 aromatic heterocycles. The Hall–Kier alpha value is -1.00. The standard InChI is InChI=1S/C15H22N2OS/c1-12-5-3-4-6-14(12)19-11-15(18)17(2)13-7-9-16-10-8-13/h3-6,13,16H,7-11H2,1-2H3. The zero-order valence-corrected chi connectivity index (χ0v) is 12.5. The third-order valence-electron chi connectivity index (χ3n) is 3.69. The van der Waals surface area contributed by atoms with Crippen LogP contribution in [-0.4, -0.2) is 42.7 Å². The van der Waals surface area contributed by atoms with Crippen molar-refractivity contribution in [2.75, 3.05) is 25.9 Å². The molecule has 1 saturated heterocycles. The van der Waals surface area contributed by atoms with Crippen LogP contribution in [-0.2, 0) is 4.79 Å². The molecule has 0 atom stereocenters. The highest BCUT2D eigenvalue weighted by atomic mass is 32.2. The van der Waals surface area contributed by atoms with Crippen molar-refractivity contribution in [3.63, 3.8) is 0 Å². The molecule has 1 fully saturated rings. The van der Waals surface area contributed by atoms with Crippen molar-refractivity contribution in [3.05, 3.63) is 29.8 Å². The van der Waals surface area contributed by atoms with Crippen LogP contribution in [0.1, 0.15) is 18.4 Å². The molecule has 1 amide bonds. The Kier molecular flexibility index (Phi) is 5.28. The Morgan fingerprint density at radius 3 is 2.74 bits per heavy atom. The number of piperidine rings is 1. The van der Waals surface area contributed by atoms with Gasteiger partial charge in [-0.2, -0.15) is 0 Å². The van der Waals surface area contributed by atoms with E-state index in [0.29, 0.717) is 11.8 Å². The van der Waals surface area contributed by atoms with Crippen molar-refractivity contribution < 1.29 is 4.79 Å². The summed E-state index contributed by atoms with van der Waals surface area (Å²) in [5, 5.41) is 3.33. The summed E-state index contributed by atoms with van der Waals surface area (Å²) in [4.78, 5) is 15.4.